The molecule has 2 heterocycles. The lowest BCUT2D eigenvalue weighted by molar-refractivity contribution is 0.141. The Bertz CT molecular complexity index is 590. The van der Waals surface area contributed by atoms with Crippen molar-refractivity contribution in [1.29, 1.82) is 0 Å². The average molecular weight is 274 g/mol. The fourth-order valence-electron chi connectivity index (χ4n) is 2.42. The molecule has 6 nitrogen and oxygen atoms in total. The van der Waals surface area contributed by atoms with Gasteiger partial charge >= 0.3 is 6.09 Å². The van der Waals surface area contributed by atoms with Crippen molar-refractivity contribution in [2.75, 3.05) is 18.5 Å². The molecule has 0 bridgehead atoms. The van der Waals surface area contributed by atoms with E-state index in [4.69, 9.17) is 4.74 Å². The molecule has 6 heteroatoms. The zero-order chi connectivity index (χ0) is 13.8. The van der Waals surface area contributed by atoms with Crippen LogP contribution in [0.4, 0.5) is 10.5 Å². The van der Waals surface area contributed by atoms with Crippen LogP contribution in [-0.2, 0) is 4.74 Å². The molecule has 1 amide bonds. The Morgan fingerprint density at radius 1 is 1.45 bits per heavy atom. The number of hydrogen-bond acceptors (Lipinski definition) is 4. The Balaban J connectivity index is 1.52. The van der Waals surface area contributed by atoms with E-state index in [1.165, 1.54) is 12.8 Å². The van der Waals surface area contributed by atoms with E-state index in [2.05, 4.69) is 20.8 Å². The molecular formula is C14H18N4O2. The second-order valence-corrected chi connectivity index (χ2v) is 5.04. The highest BCUT2D eigenvalue weighted by atomic mass is 16.5. The van der Waals surface area contributed by atoms with Gasteiger partial charge in [0.1, 0.15) is 6.61 Å². The number of piperidine rings is 1. The number of carbonyl (C=O) groups is 1. The van der Waals surface area contributed by atoms with Crippen molar-refractivity contribution in [2.24, 2.45) is 0 Å². The third-order valence-corrected chi connectivity index (χ3v) is 3.51. The molecule has 0 unspecified atom stereocenters. The highest BCUT2D eigenvalue weighted by Gasteiger charge is 2.14. The molecule has 1 aliphatic rings. The van der Waals surface area contributed by atoms with E-state index in [1.54, 1.807) is 6.20 Å². The minimum Gasteiger partial charge on any atom is -0.448 e. The molecule has 3 N–H and O–H groups in total. The van der Waals surface area contributed by atoms with E-state index in [0.717, 1.165) is 23.9 Å². The summed E-state index contributed by atoms with van der Waals surface area (Å²) in [5.41, 5.74) is 1.65. The number of anilines is 1. The van der Waals surface area contributed by atoms with Crippen molar-refractivity contribution in [3.05, 3.63) is 24.4 Å². The monoisotopic (exact) mass is 274 g/mol. The number of nitrogens with zero attached hydrogens (tertiary/aromatic N) is 1. The van der Waals surface area contributed by atoms with Crippen LogP contribution in [0, 0.1) is 0 Å². The summed E-state index contributed by atoms with van der Waals surface area (Å²) in [4.78, 5) is 11.7. The van der Waals surface area contributed by atoms with E-state index in [1.807, 2.05) is 18.2 Å². The third kappa shape index (κ3) is 3.08. The van der Waals surface area contributed by atoms with Crippen molar-refractivity contribution in [2.45, 2.75) is 25.3 Å². The number of rotatable bonds is 3. The summed E-state index contributed by atoms with van der Waals surface area (Å²) in [5.74, 6) is 0. The van der Waals surface area contributed by atoms with Gasteiger partial charge in [0.2, 0.25) is 0 Å². The van der Waals surface area contributed by atoms with Crippen molar-refractivity contribution >= 4 is 22.7 Å². The normalized spacial score (nSPS) is 18.9. The van der Waals surface area contributed by atoms with E-state index < -0.39 is 6.09 Å². The maximum Gasteiger partial charge on any atom is 0.411 e. The zero-order valence-electron chi connectivity index (χ0n) is 11.2. The van der Waals surface area contributed by atoms with Crippen LogP contribution < -0.4 is 10.6 Å². The van der Waals surface area contributed by atoms with Gasteiger partial charge in [-0.25, -0.2) is 4.79 Å². The van der Waals surface area contributed by atoms with Gasteiger partial charge in [0.05, 0.1) is 11.7 Å². The van der Waals surface area contributed by atoms with Crippen molar-refractivity contribution in [1.82, 2.24) is 15.5 Å². The average Bonchev–Trinajstić information content (AvgIpc) is 2.94. The fourth-order valence-corrected chi connectivity index (χ4v) is 2.42. The van der Waals surface area contributed by atoms with Crippen LogP contribution in [0.25, 0.3) is 10.9 Å². The molecule has 1 aromatic heterocycles. The first kappa shape index (κ1) is 12.9. The molecule has 0 saturated carbocycles. The molecule has 0 radical (unpaired) electrons. The third-order valence-electron chi connectivity index (χ3n) is 3.51. The Morgan fingerprint density at radius 3 is 3.25 bits per heavy atom. The molecule has 1 aromatic carbocycles. The first-order chi connectivity index (χ1) is 9.81. The minimum absolute atomic E-state index is 0.283. The topological polar surface area (TPSA) is 79.0 Å². The minimum atomic E-state index is -0.416. The molecule has 0 aliphatic carbocycles. The predicted molar refractivity (Wildman–Crippen MR) is 76.7 cm³/mol. The van der Waals surface area contributed by atoms with Gasteiger partial charge in [-0.3, -0.25) is 10.4 Å². The van der Waals surface area contributed by atoms with Gasteiger partial charge in [0, 0.05) is 17.1 Å². The Kier molecular flexibility index (Phi) is 3.83. The molecule has 106 valence electrons. The number of amides is 1. The lowest BCUT2D eigenvalue weighted by Crippen LogP contribution is -2.38. The standard InChI is InChI=1S/C14H18N4O2/c19-14(20-9-12-3-1-2-6-15-12)17-11-4-5-13-10(7-11)8-16-18-13/h4-5,7-8,12,15H,1-3,6,9H2,(H,16,18)(H,17,19)/t12-/m0/s1. The van der Waals surface area contributed by atoms with Gasteiger partial charge in [-0.2, -0.15) is 5.10 Å². The Hall–Kier alpha value is -2.08. The van der Waals surface area contributed by atoms with E-state index in [-0.39, 0.29) is 6.04 Å². The number of hydrogen-bond donors (Lipinski definition) is 3. The number of fused-ring (bicyclic) bond motifs is 1. The van der Waals surface area contributed by atoms with Crippen molar-refractivity contribution < 1.29 is 9.53 Å². The molecule has 20 heavy (non-hydrogen) atoms. The highest BCUT2D eigenvalue weighted by Crippen LogP contribution is 2.17. The van der Waals surface area contributed by atoms with Crippen LogP contribution in [0.2, 0.25) is 0 Å². The van der Waals surface area contributed by atoms with Crippen LogP contribution in [-0.4, -0.2) is 35.5 Å². The number of aromatic nitrogens is 2. The summed E-state index contributed by atoms with van der Waals surface area (Å²) in [5, 5.41) is 13.8. The van der Waals surface area contributed by atoms with Crippen molar-refractivity contribution in [3.8, 4) is 0 Å². The molecule has 1 saturated heterocycles. The SMILES string of the molecule is O=C(Nc1ccc2[nH]ncc2c1)OC[C@@H]1CCCCN1. The van der Waals surface area contributed by atoms with Crippen LogP contribution in [0.1, 0.15) is 19.3 Å². The number of aromatic amines is 1. The van der Waals surface area contributed by atoms with E-state index >= 15 is 0 Å². The molecule has 0 spiro atoms. The first-order valence-electron chi connectivity index (χ1n) is 6.91. The van der Waals surface area contributed by atoms with Gasteiger partial charge in [-0.15, -0.1) is 0 Å². The Labute approximate surface area is 116 Å². The van der Waals surface area contributed by atoms with Gasteiger partial charge in [0.25, 0.3) is 0 Å². The predicted octanol–water partition coefficient (Wildman–Crippen LogP) is 2.25. The van der Waals surface area contributed by atoms with Gasteiger partial charge in [0.15, 0.2) is 0 Å². The maximum atomic E-state index is 11.7. The van der Waals surface area contributed by atoms with E-state index in [0.29, 0.717) is 12.3 Å². The largest absolute Gasteiger partial charge is 0.448 e. The van der Waals surface area contributed by atoms with Crippen LogP contribution in [0.5, 0.6) is 0 Å². The summed E-state index contributed by atoms with van der Waals surface area (Å²) in [7, 11) is 0. The van der Waals surface area contributed by atoms with Gasteiger partial charge in [-0.05, 0) is 37.6 Å². The summed E-state index contributed by atoms with van der Waals surface area (Å²) in [6.07, 6.45) is 4.76. The smallest absolute Gasteiger partial charge is 0.411 e. The fraction of sp³-hybridized carbons (Fsp3) is 0.429. The highest BCUT2D eigenvalue weighted by molar-refractivity contribution is 5.89. The van der Waals surface area contributed by atoms with Gasteiger partial charge < -0.3 is 10.1 Å². The summed E-state index contributed by atoms with van der Waals surface area (Å²) in [6, 6.07) is 5.84. The van der Waals surface area contributed by atoms with Gasteiger partial charge in [-0.1, -0.05) is 6.42 Å². The van der Waals surface area contributed by atoms with Crippen LogP contribution >= 0.6 is 0 Å². The molecule has 2 aromatic rings. The second kappa shape index (κ2) is 5.92. The van der Waals surface area contributed by atoms with Crippen LogP contribution in [0.3, 0.4) is 0 Å². The number of benzene rings is 1. The molecule has 3 rings (SSSR count). The van der Waals surface area contributed by atoms with Crippen LogP contribution in [0.15, 0.2) is 24.4 Å². The quantitative estimate of drug-likeness (QED) is 0.802. The number of nitrogens with one attached hydrogen (secondary N) is 3. The lowest BCUT2D eigenvalue weighted by atomic mass is 10.1. The number of H-pyrrole nitrogens is 1. The second-order valence-electron chi connectivity index (χ2n) is 5.04. The Morgan fingerprint density at radius 2 is 2.40 bits per heavy atom. The zero-order valence-corrected chi connectivity index (χ0v) is 11.2. The van der Waals surface area contributed by atoms with E-state index in [9.17, 15) is 4.79 Å². The maximum absolute atomic E-state index is 11.7. The number of ether oxygens (including phenoxy) is 1. The summed E-state index contributed by atoms with van der Waals surface area (Å²) >= 11 is 0. The molecular weight excluding hydrogens is 256 g/mol. The molecule has 1 atom stereocenters. The molecule has 1 aliphatic heterocycles. The summed E-state index contributed by atoms with van der Waals surface area (Å²) in [6.45, 7) is 1.42. The number of carbonyl (C=O) groups excluding carboxylic acids is 1. The van der Waals surface area contributed by atoms with Crippen molar-refractivity contribution in [3.63, 3.8) is 0 Å². The summed E-state index contributed by atoms with van der Waals surface area (Å²) < 4.78 is 5.24. The lowest BCUT2D eigenvalue weighted by Gasteiger charge is -2.22. The first-order valence-corrected chi connectivity index (χ1v) is 6.91. The molecule has 1 fully saturated rings.